The van der Waals surface area contributed by atoms with E-state index in [4.69, 9.17) is 18.6 Å². The molecule has 1 aliphatic heterocycles. The predicted molar refractivity (Wildman–Crippen MR) is 104 cm³/mol. The number of aromatic nitrogens is 1. The molecule has 1 aromatic heterocycles. The van der Waals surface area contributed by atoms with Crippen LogP contribution in [-0.2, 0) is 21.7 Å². The fourth-order valence-corrected chi connectivity index (χ4v) is 3.30. The lowest BCUT2D eigenvalue weighted by atomic mass is 9.97. The number of ether oxygens (including phenoxy) is 3. The first kappa shape index (κ1) is 19.2. The third-order valence-electron chi connectivity index (χ3n) is 4.72. The molecule has 0 bridgehead atoms. The van der Waals surface area contributed by atoms with Crippen molar-refractivity contribution in [1.29, 1.82) is 0 Å². The van der Waals surface area contributed by atoms with Gasteiger partial charge in [-0.2, -0.15) is 0 Å². The van der Waals surface area contributed by atoms with E-state index in [2.05, 4.69) is 4.98 Å². The van der Waals surface area contributed by atoms with Crippen molar-refractivity contribution >= 4 is 5.97 Å². The van der Waals surface area contributed by atoms with Gasteiger partial charge in [0.1, 0.15) is 11.5 Å². The summed E-state index contributed by atoms with van der Waals surface area (Å²) >= 11 is 0. The van der Waals surface area contributed by atoms with Crippen LogP contribution in [0.2, 0.25) is 0 Å². The molecule has 2 aromatic carbocycles. The highest BCUT2D eigenvalue weighted by Crippen LogP contribution is 2.41. The number of aromatic carboxylic acids is 1. The number of hydrogen-bond acceptors (Lipinski definition) is 6. The molecule has 0 spiro atoms. The first-order valence-electron chi connectivity index (χ1n) is 9.39. The summed E-state index contributed by atoms with van der Waals surface area (Å²) in [6.07, 6.45) is 0.481. The van der Waals surface area contributed by atoms with Crippen LogP contribution in [0.1, 0.15) is 35.8 Å². The van der Waals surface area contributed by atoms with Crippen molar-refractivity contribution in [2.75, 3.05) is 13.2 Å². The Balaban J connectivity index is 1.84. The predicted octanol–water partition coefficient (Wildman–Crippen LogP) is 4.61. The Morgan fingerprint density at radius 1 is 1.14 bits per heavy atom. The molecular formula is C22H21NO6. The third kappa shape index (κ3) is 3.74. The second-order valence-electron chi connectivity index (χ2n) is 6.71. The smallest absolute Gasteiger partial charge is 0.358 e. The maximum atomic E-state index is 11.7. The number of aryl methyl sites for hydroxylation is 1. The Morgan fingerprint density at radius 2 is 1.86 bits per heavy atom. The van der Waals surface area contributed by atoms with Gasteiger partial charge in [-0.25, -0.2) is 9.78 Å². The van der Waals surface area contributed by atoms with Gasteiger partial charge < -0.3 is 23.7 Å². The number of benzene rings is 2. The maximum Gasteiger partial charge on any atom is 0.358 e. The molecule has 0 amide bonds. The summed E-state index contributed by atoms with van der Waals surface area (Å²) in [5.41, 5.74) is 1.02. The van der Waals surface area contributed by atoms with Gasteiger partial charge in [-0.1, -0.05) is 25.1 Å². The van der Waals surface area contributed by atoms with E-state index < -0.39 is 11.8 Å². The van der Waals surface area contributed by atoms with Crippen molar-refractivity contribution in [2.24, 2.45) is 0 Å². The SMILES string of the molecule is CCc1nc(C(=O)O)c(-c2ccc(Oc3ccccc3)cc2C2(C)OCCO2)o1. The molecule has 1 fully saturated rings. The molecule has 0 atom stereocenters. The van der Waals surface area contributed by atoms with Crippen LogP contribution >= 0.6 is 0 Å². The zero-order valence-electron chi connectivity index (χ0n) is 16.2. The minimum Gasteiger partial charge on any atom is -0.476 e. The monoisotopic (exact) mass is 395 g/mol. The van der Waals surface area contributed by atoms with E-state index in [0.717, 1.165) is 0 Å². The van der Waals surface area contributed by atoms with Crippen molar-refractivity contribution in [1.82, 2.24) is 4.98 Å². The van der Waals surface area contributed by atoms with Gasteiger partial charge in [-0.05, 0) is 37.3 Å². The van der Waals surface area contributed by atoms with Gasteiger partial charge >= 0.3 is 5.97 Å². The highest BCUT2D eigenvalue weighted by atomic mass is 16.7. The highest BCUT2D eigenvalue weighted by Gasteiger charge is 2.37. The van der Waals surface area contributed by atoms with Crippen LogP contribution in [0.15, 0.2) is 52.9 Å². The van der Waals surface area contributed by atoms with Gasteiger partial charge in [0.25, 0.3) is 0 Å². The zero-order valence-corrected chi connectivity index (χ0v) is 16.2. The van der Waals surface area contributed by atoms with Crippen molar-refractivity contribution in [3.63, 3.8) is 0 Å². The van der Waals surface area contributed by atoms with Crippen LogP contribution in [-0.4, -0.2) is 29.3 Å². The van der Waals surface area contributed by atoms with Crippen LogP contribution in [0.3, 0.4) is 0 Å². The van der Waals surface area contributed by atoms with Crippen molar-refractivity contribution < 1.29 is 28.5 Å². The highest BCUT2D eigenvalue weighted by molar-refractivity contribution is 5.93. The summed E-state index contributed by atoms with van der Waals surface area (Å²) in [7, 11) is 0. The van der Waals surface area contributed by atoms with E-state index in [1.807, 2.05) is 37.3 Å². The lowest BCUT2D eigenvalue weighted by Gasteiger charge is -2.25. The van der Waals surface area contributed by atoms with E-state index >= 15 is 0 Å². The van der Waals surface area contributed by atoms with Gasteiger partial charge in [-0.15, -0.1) is 0 Å². The number of carboxylic acid groups (broad SMARTS) is 1. The van der Waals surface area contributed by atoms with Crippen LogP contribution in [0.4, 0.5) is 0 Å². The molecule has 1 N–H and O–H groups in total. The van der Waals surface area contributed by atoms with E-state index in [1.165, 1.54) is 0 Å². The lowest BCUT2D eigenvalue weighted by molar-refractivity contribution is -0.149. The quantitative estimate of drug-likeness (QED) is 0.651. The number of nitrogens with zero attached hydrogens (tertiary/aromatic N) is 1. The Morgan fingerprint density at radius 3 is 2.52 bits per heavy atom. The Bertz CT molecular complexity index is 1020. The van der Waals surface area contributed by atoms with Gasteiger partial charge in [0.05, 0.1) is 13.2 Å². The zero-order chi connectivity index (χ0) is 20.4. The molecule has 0 unspecified atom stereocenters. The fourth-order valence-electron chi connectivity index (χ4n) is 3.30. The molecule has 0 saturated carbocycles. The normalized spacial score (nSPS) is 15.4. The minimum absolute atomic E-state index is 0.138. The Labute approximate surface area is 167 Å². The molecule has 7 heteroatoms. The minimum atomic E-state index is -1.16. The van der Waals surface area contributed by atoms with Gasteiger partial charge in [-0.3, -0.25) is 0 Å². The first-order valence-corrected chi connectivity index (χ1v) is 9.39. The first-order chi connectivity index (χ1) is 14.0. The molecule has 29 heavy (non-hydrogen) atoms. The molecular weight excluding hydrogens is 374 g/mol. The van der Waals surface area contributed by atoms with Crippen LogP contribution in [0.25, 0.3) is 11.3 Å². The second kappa shape index (κ2) is 7.69. The number of carbonyl (C=O) groups is 1. The number of carboxylic acids is 1. The number of hydrogen-bond donors (Lipinski definition) is 1. The molecule has 0 aliphatic carbocycles. The molecule has 1 aliphatic rings. The second-order valence-corrected chi connectivity index (χ2v) is 6.71. The number of para-hydroxylation sites is 1. The Hall–Kier alpha value is -3.16. The maximum absolute atomic E-state index is 11.7. The van der Waals surface area contributed by atoms with Gasteiger partial charge in [0, 0.05) is 17.5 Å². The summed E-state index contributed by atoms with van der Waals surface area (Å²) in [5, 5.41) is 9.60. The average molecular weight is 395 g/mol. The van der Waals surface area contributed by atoms with E-state index in [1.54, 1.807) is 25.1 Å². The largest absolute Gasteiger partial charge is 0.476 e. The summed E-state index contributed by atoms with van der Waals surface area (Å²) in [5.74, 6) is -0.425. The van der Waals surface area contributed by atoms with E-state index in [0.29, 0.717) is 48.2 Å². The van der Waals surface area contributed by atoms with Crippen LogP contribution < -0.4 is 4.74 Å². The molecule has 3 aromatic rings. The molecule has 2 heterocycles. The van der Waals surface area contributed by atoms with E-state index in [9.17, 15) is 9.90 Å². The molecule has 4 rings (SSSR count). The van der Waals surface area contributed by atoms with Crippen molar-refractivity contribution in [2.45, 2.75) is 26.1 Å². The van der Waals surface area contributed by atoms with Gasteiger partial charge in [0.2, 0.25) is 0 Å². The summed E-state index contributed by atoms with van der Waals surface area (Å²) in [4.78, 5) is 15.8. The number of rotatable bonds is 6. The summed E-state index contributed by atoms with van der Waals surface area (Å²) in [6, 6.07) is 14.7. The lowest BCUT2D eigenvalue weighted by Crippen LogP contribution is -2.23. The van der Waals surface area contributed by atoms with E-state index in [-0.39, 0.29) is 11.5 Å². The fraction of sp³-hybridized carbons (Fsp3) is 0.273. The van der Waals surface area contributed by atoms with Crippen molar-refractivity contribution in [3.8, 4) is 22.8 Å². The summed E-state index contributed by atoms with van der Waals surface area (Å²) < 4.78 is 23.4. The third-order valence-corrected chi connectivity index (χ3v) is 4.72. The molecule has 150 valence electrons. The summed E-state index contributed by atoms with van der Waals surface area (Å²) in [6.45, 7) is 4.51. The standard InChI is InChI=1S/C22H21NO6/c1-3-18-23-19(21(24)25)20(29-18)16-10-9-15(28-14-7-5-4-6-8-14)13-17(16)22(2)26-11-12-27-22/h4-10,13H,3,11-12H2,1-2H3,(H,24,25). The Kier molecular flexibility index (Phi) is 5.08. The molecule has 0 radical (unpaired) electrons. The van der Waals surface area contributed by atoms with Crippen LogP contribution in [0.5, 0.6) is 11.5 Å². The molecule has 7 nitrogen and oxygen atoms in total. The number of oxazole rings is 1. The van der Waals surface area contributed by atoms with Crippen LogP contribution in [0, 0.1) is 0 Å². The van der Waals surface area contributed by atoms with Gasteiger partial charge in [0.15, 0.2) is 23.1 Å². The average Bonchev–Trinajstić information content (AvgIpc) is 3.36. The topological polar surface area (TPSA) is 91.0 Å². The van der Waals surface area contributed by atoms with Crippen molar-refractivity contribution in [3.05, 3.63) is 65.7 Å². The molecule has 1 saturated heterocycles.